The second-order valence-corrected chi connectivity index (χ2v) is 22.7. The second-order valence-electron chi connectivity index (χ2n) is 21.2. The first kappa shape index (κ1) is 78.6. The van der Waals surface area contributed by atoms with Crippen molar-refractivity contribution in [2.24, 2.45) is 5.73 Å². The van der Waals surface area contributed by atoms with E-state index in [9.17, 15) is 19.0 Å². The largest absolute Gasteiger partial charge is 0.472 e. The van der Waals surface area contributed by atoms with Gasteiger partial charge in [0.2, 0.25) is 0 Å². The van der Waals surface area contributed by atoms with Crippen LogP contribution in [0.5, 0.6) is 0 Å². The van der Waals surface area contributed by atoms with E-state index < -0.39 is 32.5 Å². The van der Waals surface area contributed by atoms with Crippen molar-refractivity contribution in [2.45, 2.75) is 264 Å². The minimum atomic E-state index is -4.41. The van der Waals surface area contributed by atoms with Gasteiger partial charge >= 0.3 is 19.8 Å². The highest BCUT2D eigenvalue weighted by molar-refractivity contribution is 7.47. The minimum absolute atomic E-state index is 0.0428. The molecule has 0 spiro atoms. The van der Waals surface area contributed by atoms with E-state index in [1.54, 1.807) is 0 Å². The summed E-state index contributed by atoms with van der Waals surface area (Å²) >= 11 is 0. The average molecular weight is 1170 g/mol. The summed E-state index contributed by atoms with van der Waals surface area (Å²) < 4.78 is 33.1. The molecule has 0 aromatic rings. The molecule has 3 N–H and O–H groups in total. The molecule has 0 saturated carbocycles. The van der Waals surface area contributed by atoms with E-state index in [0.29, 0.717) is 12.8 Å². The van der Waals surface area contributed by atoms with Crippen molar-refractivity contribution in [3.8, 4) is 0 Å². The van der Waals surface area contributed by atoms with Gasteiger partial charge in [-0.3, -0.25) is 18.6 Å². The monoisotopic (exact) mass is 1170 g/mol. The Morgan fingerprint density at radius 2 is 0.627 bits per heavy atom. The quantitative estimate of drug-likeness (QED) is 0.0264. The Morgan fingerprint density at radius 3 is 0.928 bits per heavy atom. The molecule has 83 heavy (non-hydrogen) atoms. The van der Waals surface area contributed by atoms with Crippen LogP contribution in [0.25, 0.3) is 0 Å². The number of carbonyl (C=O) groups is 2. The number of esters is 2. The number of unbranched alkanes of at least 4 members (excludes halogenated alkanes) is 21. The molecule has 0 bridgehead atoms. The van der Waals surface area contributed by atoms with Crippen molar-refractivity contribution in [1.82, 2.24) is 0 Å². The third-order valence-electron chi connectivity index (χ3n) is 13.4. The first-order valence-electron chi connectivity index (χ1n) is 33.0. The topological polar surface area (TPSA) is 134 Å². The van der Waals surface area contributed by atoms with Gasteiger partial charge in [0.1, 0.15) is 6.61 Å². The smallest absolute Gasteiger partial charge is 0.462 e. The fourth-order valence-electron chi connectivity index (χ4n) is 8.62. The maximum atomic E-state index is 12.7. The number of phosphoric ester groups is 1. The highest BCUT2D eigenvalue weighted by atomic mass is 31.2. The number of phosphoric acid groups is 1. The van der Waals surface area contributed by atoms with E-state index in [-0.39, 0.29) is 32.6 Å². The second kappa shape index (κ2) is 66.8. The summed E-state index contributed by atoms with van der Waals surface area (Å²) in [6.45, 7) is 3.48. The zero-order valence-electron chi connectivity index (χ0n) is 52.6. The predicted molar refractivity (Wildman–Crippen MR) is 357 cm³/mol. The molecule has 2 atom stereocenters. The SMILES string of the molecule is CC/C=C\C/C=C\C/C=C\C/C=C\C/C=C\C/C=C\C/C=C\CCCCCCCCCCCCCCCCCCCC(=O)OC(COC(=O)CCCCCC/C=C\C/C=C\C/C=C\C/C=C\C/C=C\C/C=C\CC)COP(=O)(O)OCCN. The normalized spacial score (nSPS) is 14.0. The van der Waals surface area contributed by atoms with Gasteiger partial charge in [0, 0.05) is 19.4 Å². The third kappa shape index (κ3) is 66.6. The van der Waals surface area contributed by atoms with Crippen molar-refractivity contribution >= 4 is 19.8 Å². The standard InChI is InChI=1S/C73H120NO8P/c1-3-5-7-9-11-13-15-17-19-21-23-25-27-28-29-30-31-32-33-34-35-36-37-38-39-40-41-42-44-46-48-50-52-54-56-58-60-62-64-66-73(76)82-71(70-81-83(77,78)80-68-67-74)69-79-72(75)65-63-61-59-57-55-53-51-49-47-45-43-26-24-22-20-18-16-14-12-10-8-6-4-2/h5-8,11-14,17-20,23-26,28-29,31-32,34-35,45,47,51,53,71H,3-4,9-10,15-16,21-22,27,30,33,36-44,46,48-50,52,54-70,74H2,1-2H3,(H,77,78)/b7-5-,8-6-,13-11-,14-12-,19-17-,20-18-,25-23-,26-24-,29-28-,32-31-,35-34-,47-45-,53-51-. The van der Waals surface area contributed by atoms with E-state index in [2.05, 4.69) is 172 Å². The summed E-state index contributed by atoms with van der Waals surface area (Å²) in [7, 11) is -4.41. The number of ether oxygens (including phenoxy) is 2. The predicted octanol–water partition coefficient (Wildman–Crippen LogP) is 21.6. The molecule has 0 amide bonds. The molecule has 0 aliphatic carbocycles. The summed E-state index contributed by atoms with van der Waals surface area (Å²) in [6.07, 6.45) is 97.5. The summed E-state index contributed by atoms with van der Waals surface area (Å²) in [5, 5.41) is 0. The number of nitrogens with two attached hydrogens (primary N) is 1. The highest BCUT2D eigenvalue weighted by Crippen LogP contribution is 2.43. The van der Waals surface area contributed by atoms with Crippen molar-refractivity contribution < 1.29 is 37.6 Å². The molecule has 10 heteroatoms. The Hall–Kier alpha value is -4.37. The average Bonchev–Trinajstić information content (AvgIpc) is 3.48. The zero-order chi connectivity index (χ0) is 60.1. The van der Waals surface area contributed by atoms with Crippen LogP contribution < -0.4 is 5.73 Å². The number of rotatable bonds is 60. The first-order chi connectivity index (χ1) is 40.8. The number of allylic oxidation sites excluding steroid dienone is 26. The molecule has 0 fully saturated rings. The van der Waals surface area contributed by atoms with Gasteiger partial charge in [0.25, 0.3) is 0 Å². The van der Waals surface area contributed by atoms with E-state index in [1.165, 1.54) is 89.9 Å². The summed E-state index contributed by atoms with van der Waals surface area (Å²) in [5.74, 6) is -0.861. The summed E-state index contributed by atoms with van der Waals surface area (Å²) in [5.41, 5.74) is 5.39. The van der Waals surface area contributed by atoms with Crippen LogP contribution in [0.2, 0.25) is 0 Å². The Balaban J connectivity index is 3.94. The number of carbonyl (C=O) groups excluding carboxylic acids is 2. The van der Waals surface area contributed by atoms with E-state index in [4.69, 9.17) is 24.3 Å². The molecular formula is C73H120NO8P. The summed E-state index contributed by atoms with van der Waals surface area (Å²) in [6, 6.07) is 0. The van der Waals surface area contributed by atoms with E-state index >= 15 is 0 Å². The lowest BCUT2D eigenvalue weighted by Gasteiger charge is -2.19. The van der Waals surface area contributed by atoms with Crippen molar-refractivity contribution in [2.75, 3.05) is 26.4 Å². The van der Waals surface area contributed by atoms with Crippen molar-refractivity contribution in [3.05, 3.63) is 158 Å². The van der Waals surface area contributed by atoms with E-state index in [0.717, 1.165) is 128 Å². The van der Waals surface area contributed by atoms with Crippen LogP contribution in [0.3, 0.4) is 0 Å². The van der Waals surface area contributed by atoms with Gasteiger partial charge in [0.05, 0.1) is 13.2 Å². The Morgan fingerprint density at radius 1 is 0.361 bits per heavy atom. The molecule has 0 heterocycles. The minimum Gasteiger partial charge on any atom is -0.462 e. The van der Waals surface area contributed by atoms with Crippen molar-refractivity contribution in [3.63, 3.8) is 0 Å². The van der Waals surface area contributed by atoms with Gasteiger partial charge in [0.15, 0.2) is 6.10 Å². The van der Waals surface area contributed by atoms with Crippen LogP contribution >= 0.6 is 7.82 Å². The summed E-state index contributed by atoms with van der Waals surface area (Å²) in [4.78, 5) is 35.3. The van der Waals surface area contributed by atoms with Crippen LogP contribution in [-0.4, -0.2) is 49.3 Å². The van der Waals surface area contributed by atoms with Gasteiger partial charge < -0.3 is 20.1 Å². The molecule has 0 aromatic heterocycles. The highest BCUT2D eigenvalue weighted by Gasteiger charge is 2.26. The van der Waals surface area contributed by atoms with Gasteiger partial charge in [-0.05, 0) is 122 Å². The lowest BCUT2D eigenvalue weighted by atomic mass is 10.0. The lowest BCUT2D eigenvalue weighted by molar-refractivity contribution is -0.161. The first-order valence-corrected chi connectivity index (χ1v) is 34.5. The van der Waals surface area contributed by atoms with Crippen LogP contribution in [0, 0.1) is 0 Å². The Bertz CT molecular complexity index is 1920. The molecule has 470 valence electrons. The van der Waals surface area contributed by atoms with Gasteiger partial charge in [-0.2, -0.15) is 0 Å². The molecular weight excluding hydrogens is 1050 g/mol. The number of hydrogen-bond donors (Lipinski definition) is 2. The van der Waals surface area contributed by atoms with Crippen LogP contribution in [0.15, 0.2) is 158 Å². The fraction of sp³-hybridized carbons (Fsp3) is 0.616. The van der Waals surface area contributed by atoms with Gasteiger partial charge in [-0.1, -0.05) is 281 Å². The molecule has 0 saturated heterocycles. The molecule has 9 nitrogen and oxygen atoms in total. The maximum Gasteiger partial charge on any atom is 0.472 e. The van der Waals surface area contributed by atoms with Gasteiger partial charge in [-0.25, -0.2) is 4.57 Å². The fourth-order valence-corrected chi connectivity index (χ4v) is 9.39. The Kier molecular flexibility index (Phi) is 63.3. The number of hydrogen-bond acceptors (Lipinski definition) is 8. The van der Waals surface area contributed by atoms with Crippen molar-refractivity contribution in [1.29, 1.82) is 0 Å². The lowest BCUT2D eigenvalue weighted by Crippen LogP contribution is -2.29. The maximum absolute atomic E-state index is 12.7. The molecule has 0 aliphatic rings. The molecule has 0 aromatic carbocycles. The molecule has 0 aliphatic heterocycles. The van der Waals surface area contributed by atoms with Gasteiger partial charge in [-0.15, -0.1) is 0 Å². The van der Waals surface area contributed by atoms with Crippen LogP contribution in [-0.2, 0) is 32.7 Å². The Labute approximate surface area is 509 Å². The molecule has 0 rings (SSSR count). The van der Waals surface area contributed by atoms with Crippen LogP contribution in [0.1, 0.15) is 258 Å². The van der Waals surface area contributed by atoms with Crippen LogP contribution in [0.4, 0.5) is 0 Å². The molecule has 0 radical (unpaired) electrons. The van der Waals surface area contributed by atoms with E-state index in [1.807, 2.05) is 0 Å². The third-order valence-corrected chi connectivity index (χ3v) is 14.4. The molecule has 2 unspecified atom stereocenters. The zero-order valence-corrected chi connectivity index (χ0v) is 53.5.